The largest absolute Gasteiger partial charge is 0.310 e. The van der Waals surface area contributed by atoms with Crippen LogP contribution in [0, 0.1) is 5.92 Å². The lowest BCUT2D eigenvalue weighted by atomic mass is 9.91. The molecule has 1 N–H and O–H groups in total. The van der Waals surface area contributed by atoms with Crippen molar-refractivity contribution in [3.8, 4) is 0 Å². The normalized spacial score (nSPS) is 29.9. The van der Waals surface area contributed by atoms with E-state index >= 15 is 0 Å². The van der Waals surface area contributed by atoms with Gasteiger partial charge in [0.2, 0.25) is 0 Å². The van der Waals surface area contributed by atoms with Crippen LogP contribution in [0.4, 0.5) is 0 Å². The zero-order chi connectivity index (χ0) is 13.5. The number of fused-ring (bicyclic) bond motifs is 1. The van der Waals surface area contributed by atoms with E-state index in [0.717, 1.165) is 16.6 Å². The van der Waals surface area contributed by atoms with Gasteiger partial charge in [-0.2, -0.15) is 0 Å². The van der Waals surface area contributed by atoms with Gasteiger partial charge >= 0.3 is 0 Å². The molecule has 0 bridgehead atoms. The fourth-order valence-corrected chi connectivity index (χ4v) is 4.85. The second kappa shape index (κ2) is 4.94. The fourth-order valence-electron chi connectivity index (χ4n) is 2.57. The molecule has 0 radical (unpaired) electrons. The molecule has 0 saturated carbocycles. The molecule has 1 aliphatic heterocycles. The van der Waals surface area contributed by atoms with E-state index < -0.39 is 9.84 Å². The highest BCUT2D eigenvalue weighted by molar-refractivity contribution is 9.10. The summed E-state index contributed by atoms with van der Waals surface area (Å²) in [6.07, 6.45) is 0. The monoisotopic (exact) mass is 331 g/mol. The van der Waals surface area contributed by atoms with Crippen molar-refractivity contribution < 1.29 is 8.42 Å². The number of hydrogen-bond acceptors (Lipinski definition) is 3. The van der Waals surface area contributed by atoms with Crippen molar-refractivity contribution in [1.29, 1.82) is 0 Å². The van der Waals surface area contributed by atoms with Crippen LogP contribution in [-0.2, 0) is 9.84 Å². The predicted molar refractivity (Wildman–Crippen MR) is 76.4 cm³/mol. The molecular weight excluding hydrogens is 314 g/mol. The average molecular weight is 332 g/mol. The Balaban J connectivity index is 2.65. The number of halogens is 1. The van der Waals surface area contributed by atoms with Crippen LogP contribution in [0.1, 0.15) is 32.4 Å². The van der Waals surface area contributed by atoms with E-state index in [1.807, 2.05) is 19.9 Å². The third kappa shape index (κ3) is 2.12. The summed E-state index contributed by atoms with van der Waals surface area (Å²) in [6.45, 7) is 6.67. The van der Waals surface area contributed by atoms with Crippen molar-refractivity contribution in [2.24, 2.45) is 5.92 Å². The smallest absolute Gasteiger partial charge is 0.181 e. The highest BCUT2D eigenvalue weighted by atomic mass is 79.9. The summed E-state index contributed by atoms with van der Waals surface area (Å²) in [7, 11) is -3.20. The molecule has 3 unspecified atom stereocenters. The lowest BCUT2D eigenvalue weighted by Crippen LogP contribution is -2.41. The van der Waals surface area contributed by atoms with Gasteiger partial charge in [-0.15, -0.1) is 0 Å². The molecule has 1 aromatic rings. The molecule has 0 amide bonds. The van der Waals surface area contributed by atoms with E-state index in [1.54, 1.807) is 19.1 Å². The van der Waals surface area contributed by atoms with Crippen LogP contribution in [0.2, 0.25) is 0 Å². The molecule has 5 heteroatoms. The molecule has 1 heterocycles. The van der Waals surface area contributed by atoms with Crippen molar-refractivity contribution in [2.45, 2.75) is 37.0 Å². The maximum absolute atomic E-state index is 12.4. The van der Waals surface area contributed by atoms with E-state index in [0.29, 0.717) is 4.90 Å². The molecule has 0 aliphatic carbocycles. The summed E-state index contributed by atoms with van der Waals surface area (Å²) in [5.41, 5.74) is 0.886. The average Bonchev–Trinajstić information content (AvgIpc) is 2.32. The highest BCUT2D eigenvalue weighted by Crippen LogP contribution is 2.40. The summed E-state index contributed by atoms with van der Waals surface area (Å²) in [5.74, 6) is 0.0664. The first kappa shape index (κ1) is 14.0. The number of nitrogens with one attached hydrogen (secondary N) is 1. The van der Waals surface area contributed by atoms with Gasteiger partial charge in [0.05, 0.1) is 10.1 Å². The van der Waals surface area contributed by atoms with Crippen molar-refractivity contribution in [2.75, 3.05) is 6.54 Å². The molecule has 0 spiro atoms. The maximum atomic E-state index is 12.4. The van der Waals surface area contributed by atoms with Gasteiger partial charge in [-0.3, -0.25) is 0 Å². The Morgan fingerprint density at radius 2 is 2.00 bits per heavy atom. The third-order valence-electron chi connectivity index (χ3n) is 3.79. The van der Waals surface area contributed by atoms with Gasteiger partial charge in [0.25, 0.3) is 0 Å². The maximum Gasteiger partial charge on any atom is 0.181 e. The number of hydrogen-bond donors (Lipinski definition) is 1. The molecule has 0 saturated heterocycles. The summed E-state index contributed by atoms with van der Waals surface area (Å²) in [4.78, 5) is 0.474. The topological polar surface area (TPSA) is 46.2 Å². The minimum absolute atomic E-state index is 0.0664. The third-order valence-corrected chi connectivity index (χ3v) is 6.68. The number of sulfone groups is 1. The molecular formula is C13H18BrNO2S. The second-order valence-electron chi connectivity index (χ2n) is 4.83. The second-order valence-corrected chi connectivity index (χ2v) is 8.02. The number of rotatable bonds is 2. The van der Waals surface area contributed by atoms with Crippen LogP contribution in [-0.4, -0.2) is 20.2 Å². The zero-order valence-corrected chi connectivity index (χ0v) is 13.2. The van der Waals surface area contributed by atoms with Gasteiger partial charge in [-0.1, -0.05) is 29.8 Å². The molecule has 1 aliphatic rings. The lowest BCUT2D eigenvalue weighted by Gasteiger charge is -2.36. The Kier molecular flexibility index (Phi) is 3.85. The SMILES string of the molecule is CCNC1c2cc(Br)ccc2S(=O)(=O)C(C)C1C. The van der Waals surface area contributed by atoms with Gasteiger partial charge in [-0.25, -0.2) is 8.42 Å². The Morgan fingerprint density at radius 3 is 2.61 bits per heavy atom. The van der Waals surface area contributed by atoms with Gasteiger partial charge < -0.3 is 5.32 Å². The van der Waals surface area contributed by atoms with E-state index in [-0.39, 0.29) is 17.2 Å². The molecule has 3 nitrogen and oxygen atoms in total. The van der Waals surface area contributed by atoms with Gasteiger partial charge in [0.1, 0.15) is 0 Å². The van der Waals surface area contributed by atoms with Crippen LogP contribution in [0.25, 0.3) is 0 Å². The van der Waals surface area contributed by atoms with Crippen LogP contribution < -0.4 is 5.32 Å². The van der Waals surface area contributed by atoms with E-state index in [2.05, 4.69) is 21.2 Å². The Hall–Kier alpha value is -0.390. The summed E-state index contributed by atoms with van der Waals surface area (Å²) in [5, 5.41) is 3.05. The van der Waals surface area contributed by atoms with Crippen molar-refractivity contribution >= 4 is 25.8 Å². The number of benzene rings is 1. The van der Waals surface area contributed by atoms with Crippen LogP contribution >= 0.6 is 15.9 Å². The van der Waals surface area contributed by atoms with Crippen LogP contribution in [0.3, 0.4) is 0 Å². The standard InChI is InChI=1S/C13H18BrNO2S/c1-4-15-13-8(2)9(3)18(16,17)12-6-5-10(14)7-11(12)13/h5-9,13,15H,4H2,1-3H3. The summed E-state index contributed by atoms with van der Waals surface area (Å²) < 4.78 is 25.8. The van der Waals surface area contributed by atoms with Crippen LogP contribution in [0.5, 0.6) is 0 Å². The Bertz CT molecular complexity index is 556. The molecule has 100 valence electrons. The first-order chi connectivity index (χ1) is 8.39. The molecule has 2 rings (SSSR count). The zero-order valence-electron chi connectivity index (χ0n) is 10.8. The van der Waals surface area contributed by atoms with Crippen LogP contribution in [0.15, 0.2) is 27.6 Å². The minimum Gasteiger partial charge on any atom is -0.310 e. The Labute approximate surface area is 117 Å². The molecule has 0 aromatic heterocycles. The van der Waals surface area contributed by atoms with E-state index in [9.17, 15) is 8.42 Å². The molecule has 18 heavy (non-hydrogen) atoms. The molecule has 3 atom stereocenters. The van der Waals surface area contributed by atoms with E-state index in [4.69, 9.17) is 0 Å². The Morgan fingerprint density at radius 1 is 1.33 bits per heavy atom. The van der Waals surface area contributed by atoms with E-state index in [1.165, 1.54) is 0 Å². The van der Waals surface area contributed by atoms with Gasteiger partial charge in [0.15, 0.2) is 9.84 Å². The first-order valence-electron chi connectivity index (χ1n) is 6.16. The highest BCUT2D eigenvalue weighted by Gasteiger charge is 2.41. The minimum atomic E-state index is -3.20. The first-order valence-corrected chi connectivity index (χ1v) is 8.50. The predicted octanol–water partition coefficient (Wildman–Crippen LogP) is 2.91. The summed E-state index contributed by atoms with van der Waals surface area (Å²) in [6, 6.07) is 5.52. The van der Waals surface area contributed by atoms with Gasteiger partial charge in [-0.05, 0) is 43.1 Å². The fraction of sp³-hybridized carbons (Fsp3) is 0.538. The van der Waals surface area contributed by atoms with Crippen molar-refractivity contribution in [3.05, 3.63) is 28.2 Å². The quantitative estimate of drug-likeness (QED) is 0.906. The van der Waals surface area contributed by atoms with Gasteiger partial charge in [0, 0.05) is 10.5 Å². The van der Waals surface area contributed by atoms with Crippen molar-refractivity contribution in [3.63, 3.8) is 0 Å². The molecule has 0 fully saturated rings. The van der Waals surface area contributed by atoms with Crippen molar-refractivity contribution in [1.82, 2.24) is 5.32 Å². The summed E-state index contributed by atoms with van der Waals surface area (Å²) >= 11 is 3.42. The molecule has 1 aromatic carbocycles. The lowest BCUT2D eigenvalue weighted by molar-refractivity contribution is 0.364.